The first-order chi connectivity index (χ1) is 10.1. The maximum Gasteiger partial charge on any atom is 0.129 e. The molecule has 4 nitrogen and oxygen atoms in total. The van der Waals surface area contributed by atoms with Gasteiger partial charge in [0.25, 0.3) is 0 Å². The topological polar surface area (TPSA) is 47.5 Å². The summed E-state index contributed by atoms with van der Waals surface area (Å²) in [4.78, 5) is 0. The molecule has 0 amide bonds. The normalized spacial score (nSPS) is 12.8. The van der Waals surface area contributed by atoms with Crippen molar-refractivity contribution in [2.75, 3.05) is 13.7 Å². The summed E-state index contributed by atoms with van der Waals surface area (Å²) in [5.41, 5.74) is 2.37. The molecule has 0 aliphatic heterocycles. The van der Waals surface area contributed by atoms with Gasteiger partial charge in [-0.15, -0.1) is 0 Å². The molecule has 116 valence electrons. The SMILES string of the molecule is CCCNC(c1ccc(COC)o1)c1c(C)oc(C)c1C. The summed E-state index contributed by atoms with van der Waals surface area (Å²) < 4.78 is 16.8. The van der Waals surface area contributed by atoms with Crippen molar-refractivity contribution in [2.24, 2.45) is 0 Å². The molecule has 0 spiro atoms. The lowest BCUT2D eigenvalue weighted by atomic mass is 10.00. The molecule has 1 N–H and O–H groups in total. The minimum absolute atomic E-state index is 0.0213. The second-order valence-electron chi connectivity index (χ2n) is 5.38. The van der Waals surface area contributed by atoms with Gasteiger partial charge in [0.15, 0.2) is 0 Å². The van der Waals surface area contributed by atoms with E-state index in [4.69, 9.17) is 13.6 Å². The molecule has 2 heterocycles. The largest absolute Gasteiger partial charge is 0.466 e. The summed E-state index contributed by atoms with van der Waals surface area (Å²) in [5.74, 6) is 3.66. The second kappa shape index (κ2) is 6.96. The lowest BCUT2D eigenvalue weighted by Crippen LogP contribution is -2.23. The molecule has 0 aromatic carbocycles. The van der Waals surface area contributed by atoms with E-state index in [-0.39, 0.29) is 6.04 Å². The highest BCUT2D eigenvalue weighted by molar-refractivity contribution is 5.38. The van der Waals surface area contributed by atoms with E-state index in [1.165, 1.54) is 11.1 Å². The molecule has 0 aliphatic carbocycles. The Hall–Kier alpha value is -1.52. The molecule has 21 heavy (non-hydrogen) atoms. The predicted molar refractivity (Wildman–Crippen MR) is 82.5 cm³/mol. The number of furan rings is 2. The van der Waals surface area contributed by atoms with Crippen LogP contribution >= 0.6 is 0 Å². The van der Waals surface area contributed by atoms with E-state index >= 15 is 0 Å². The lowest BCUT2D eigenvalue weighted by Gasteiger charge is -2.17. The number of hydrogen-bond donors (Lipinski definition) is 1. The smallest absolute Gasteiger partial charge is 0.129 e. The molecule has 0 saturated carbocycles. The van der Waals surface area contributed by atoms with Crippen LogP contribution in [0, 0.1) is 20.8 Å². The third-order valence-electron chi connectivity index (χ3n) is 3.76. The zero-order chi connectivity index (χ0) is 15.4. The molecule has 1 atom stereocenters. The van der Waals surface area contributed by atoms with E-state index in [0.717, 1.165) is 36.0 Å². The lowest BCUT2D eigenvalue weighted by molar-refractivity contribution is 0.162. The third-order valence-corrected chi connectivity index (χ3v) is 3.76. The maximum atomic E-state index is 5.93. The predicted octanol–water partition coefficient (Wildman–Crippen LogP) is 4.03. The summed E-state index contributed by atoms with van der Waals surface area (Å²) in [7, 11) is 1.67. The summed E-state index contributed by atoms with van der Waals surface area (Å²) in [5, 5.41) is 3.56. The first kappa shape index (κ1) is 15.9. The fraction of sp³-hybridized carbons (Fsp3) is 0.529. The van der Waals surface area contributed by atoms with Gasteiger partial charge >= 0.3 is 0 Å². The van der Waals surface area contributed by atoms with Gasteiger partial charge in [0, 0.05) is 12.7 Å². The van der Waals surface area contributed by atoms with E-state index in [0.29, 0.717) is 6.61 Å². The van der Waals surface area contributed by atoms with Crippen LogP contribution in [0.15, 0.2) is 21.0 Å². The number of ether oxygens (including phenoxy) is 1. The molecule has 2 aromatic heterocycles. The molecule has 2 rings (SSSR count). The Balaban J connectivity index is 2.37. The Bertz CT molecular complexity index is 583. The van der Waals surface area contributed by atoms with E-state index < -0.39 is 0 Å². The molecule has 0 aliphatic rings. The van der Waals surface area contributed by atoms with Gasteiger partial charge in [0.1, 0.15) is 29.6 Å². The number of nitrogens with one attached hydrogen (secondary N) is 1. The molecule has 4 heteroatoms. The van der Waals surface area contributed by atoms with Crippen molar-refractivity contribution in [3.63, 3.8) is 0 Å². The first-order valence-electron chi connectivity index (χ1n) is 7.45. The van der Waals surface area contributed by atoms with Crippen molar-refractivity contribution in [1.29, 1.82) is 0 Å². The monoisotopic (exact) mass is 291 g/mol. The highest BCUT2D eigenvalue weighted by atomic mass is 16.5. The average Bonchev–Trinajstić information content (AvgIpc) is 3.00. The number of methoxy groups -OCH3 is 1. The van der Waals surface area contributed by atoms with Crippen LogP contribution in [0.2, 0.25) is 0 Å². The summed E-state index contributed by atoms with van der Waals surface area (Å²) in [6.45, 7) is 9.68. The van der Waals surface area contributed by atoms with Gasteiger partial charge in [-0.25, -0.2) is 0 Å². The summed E-state index contributed by atoms with van der Waals surface area (Å²) >= 11 is 0. The Morgan fingerprint density at radius 3 is 2.48 bits per heavy atom. The fourth-order valence-electron chi connectivity index (χ4n) is 2.64. The van der Waals surface area contributed by atoms with Crippen LogP contribution < -0.4 is 5.32 Å². The zero-order valence-electron chi connectivity index (χ0n) is 13.6. The van der Waals surface area contributed by atoms with E-state index in [1.807, 2.05) is 26.0 Å². The van der Waals surface area contributed by atoms with Crippen LogP contribution in [-0.2, 0) is 11.3 Å². The fourth-order valence-corrected chi connectivity index (χ4v) is 2.64. The van der Waals surface area contributed by atoms with Gasteiger partial charge in [-0.1, -0.05) is 6.92 Å². The molecule has 0 bridgehead atoms. The van der Waals surface area contributed by atoms with Crippen LogP contribution in [0.3, 0.4) is 0 Å². The van der Waals surface area contributed by atoms with Crippen molar-refractivity contribution in [3.8, 4) is 0 Å². The molecule has 1 unspecified atom stereocenters. The summed E-state index contributed by atoms with van der Waals surface area (Å²) in [6, 6.07) is 4.01. The highest BCUT2D eigenvalue weighted by Gasteiger charge is 2.24. The quantitative estimate of drug-likeness (QED) is 0.836. The van der Waals surface area contributed by atoms with Crippen molar-refractivity contribution in [3.05, 3.63) is 46.3 Å². The van der Waals surface area contributed by atoms with Gasteiger partial charge in [-0.2, -0.15) is 0 Å². The van der Waals surface area contributed by atoms with Crippen LogP contribution in [0.1, 0.15) is 53.6 Å². The van der Waals surface area contributed by atoms with Crippen LogP contribution in [0.4, 0.5) is 0 Å². The number of hydrogen-bond acceptors (Lipinski definition) is 4. The number of rotatable bonds is 7. The van der Waals surface area contributed by atoms with Gasteiger partial charge < -0.3 is 18.9 Å². The first-order valence-corrected chi connectivity index (χ1v) is 7.45. The maximum absolute atomic E-state index is 5.93. The third kappa shape index (κ3) is 3.39. The van der Waals surface area contributed by atoms with Gasteiger partial charge in [-0.05, 0) is 51.4 Å². The van der Waals surface area contributed by atoms with Crippen LogP contribution in [0.25, 0.3) is 0 Å². The second-order valence-corrected chi connectivity index (χ2v) is 5.38. The van der Waals surface area contributed by atoms with E-state index in [1.54, 1.807) is 7.11 Å². The summed E-state index contributed by atoms with van der Waals surface area (Å²) in [6.07, 6.45) is 1.07. The minimum Gasteiger partial charge on any atom is -0.466 e. The Kier molecular flexibility index (Phi) is 5.26. The molecule has 0 saturated heterocycles. The molecule has 0 fully saturated rings. The molecule has 0 radical (unpaired) electrons. The van der Waals surface area contributed by atoms with Gasteiger partial charge in [0.2, 0.25) is 0 Å². The van der Waals surface area contributed by atoms with E-state index in [9.17, 15) is 0 Å². The average molecular weight is 291 g/mol. The van der Waals surface area contributed by atoms with Crippen molar-refractivity contribution in [2.45, 2.75) is 46.8 Å². The Morgan fingerprint density at radius 2 is 1.90 bits per heavy atom. The van der Waals surface area contributed by atoms with Crippen molar-refractivity contribution < 1.29 is 13.6 Å². The van der Waals surface area contributed by atoms with Crippen LogP contribution in [0.5, 0.6) is 0 Å². The minimum atomic E-state index is 0.0213. The Morgan fingerprint density at radius 1 is 1.14 bits per heavy atom. The zero-order valence-corrected chi connectivity index (χ0v) is 13.6. The highest BCUT2D eigenvalue weighted by Crippen LogP contribution is 2.32. The standard InChI is InChI=1S/C17H25NO3/c1-6-9-18-17(15-8-7-14(21-15)10-19-5)16-11(2)12(3)20-13(16)4/h7-8,17-18H,6,9-10H2,1-5H3. The molecular weight excluding hydrogens is 266 g/mol. The van der Waals surface area contributed by atoms with Gasteiger partial charge in [-0.3, -0.25) is 0 Å². The molecular formula is C17H25NO3. The Labute approximate surface area is 126 Å². The van der Waals surface area contributed by atoms with Crippen LogP contribution in [-0.4, -0.2) is 13.7 Å². The van der Waals surface area contributed by atoms with Gasteiger partial charge in [0.05, 0.1) is 6.04 Å². The van der Waals surface area contributed by atoms with Crippen molar-refractivity contribution >= 4 is 0 Å². The van der Waals surface area contributed by atoms with E-state index in [2.05, 4.69) is 19.2 Å². The number of aryl methyl sites for hydroxylation is 2. The van der Waals surface area contributed by atoms with Crippen molar-refractivity contribution in [1.82, 2.24) is 5.32 Å². The molecule has 2 aromatic rings.